The predicted octanol–water partition coefficient (Wildman–Crippen LogP) is 1.69. The molecule has 0 radical (unpaired) electrons. The third kappa shape index (κ3) is 4.56. The second-order valence-corrected chi connectivity index (χ2v) is 5.85. The minimum Gasteiger partial charge on any atom is -0.349 e. The highest BCUT2D eigenvalue weighted by Crippen LogP contribution is 2.32. The van der Waals surface area contributed by atoms with Gasteiger partial charge in [0.25, 0.3) is 11.8 Å². The van der Waals surface area contributed by atoms with Crippen molar-refractivity contribution in [1.82, 2.24) is 20.6 Å². The molecule has 2 amide bonds. The van der Waals surface area contributed by atoms with Crippen molar-refractivity contribution in [2.75, 3.05) is 6.54 Å². The summed E-state index contributed by atoms with van der Waals surface area (Å²) >= 11 is 0. The molecule has 1 saturated carbocycles. The van der Waals surface area contributed by atoms with Gasteiger partial charge in [-0.3, -0.25) is 9.59 Å². The fourth-order valence-electron chi connectivity index (χ4n) is 2.39. The Hall–Kier alpha value is -2.90. The average molecular weight is 346 g/mol. The second kappa shape index (κ2) is 7.33. The van der Waals surface area contributed by atoms with Gasteiger partial charge in [-0.1, -0.05) is 0 Å². The molecule has 2 aromatic rings. The van der Waals surface area contributed by atoms with E-state index in [0.717, 1.165) is 37.4 Å². The molecule has 6 nitrogen and oxygen atoms in total. The van der Waals surface area contributed by atoms with E-state index in [-0.39, 0.29) is 29.9 Å². The minimum absolute atomic E-state index is 0.0995. The molecule has 0 aromatic carbocycles. The van der Waals surface area contributed by atoms with E-state index in [1.807, 2.05) is 0 Å². The highest BCUT2D eigenvalue weighted by atomic mass is 19.1. The van der Waals surface area contributed by atoms with Gasteiger partial charge in [0.15, 0.2) is 0 Å². The van der Waals surface area contributed by atoms with Crippen LogP contribution < -0.4 is 10.6 Å². The van der Waals surface area contributed by atoms with Gasteiger partial charge in [0.2, 0.25) is 0 Å². The number of halogens is 2. The highest BCUT2D eigenvalue weighted by molar-refractivity contribution is 5.93. The topological polar surface area (TPSA) is 84.0 Å². The fourth-order valence-corrected chi connectivity index (χ4v) is 2.39. The largest absolute Gasteiger partial charge is 0.349 e. The van der Waals surface area contributed by atoms with E-state index in [0.29, 0.717) is 0 Å². The minimum atomic E-state index is -0.522. The van der Waals surface area contributed by atoms with Crippen molar-refractivity contribution >= 4 is 11.8 Å². The number of carbonyl (C=O) groups is 2. The molecule has 1 atom stereocenters. The second-order valence-electron chi connectivity index (χ2n) is 5.85. The van der Waals surface area contributed by atoms with Crippen LogP contribution in [0.3, 0.4) is 0 Å². The Morgan fingerprint density at radius 2 is 1.56 bits per heavy atom. The van der Waals surface area contributed by atoms with Crippen molar-refractivity contribution in [3.8, 4) is 0 Å². The molecule has 1 aliphatic rings. The number of hydrogen-bond donors (Lipinski definition) is 2. The summed E-state index contributed by atoms with van der Waals surface area (Å²) in [7, 11) is 0. The van der Waals surface area contributed by atoms with Crippen LogP contribution in [0.15, 0.2) is 36.7 Å². The lowest BCUT2D eigenvalue weighted by Gasteiger charge is -2.18. The summed E-state index contributed by atoms with van der Waals surface area (Å²) in [6.45, 7) is 0.218. The molecule has 8 heteroatoms. The predicted molar refractivity (Wildman–Crippen MR) is 84.7 cm³/mol. The number of carbonyl (C=O) groups excluding carboxylic acids is 2. The molecular weight excluding hydrogens is 330 g/mol. The Balaban J connectivity index is 1.58. The van der Waals surface area contributed by atoms with E-state index in [9.17, 15) is 18.4 Å². The number of nitrogens with one attached hydrogen (secondary N) is 2. The molecule has 0 saturated heterocycles. The SMILES string of the molecule is O=C(NC[C@H](NC(=O)c1ccc(F)cn1)C1CC1)c1ccc(F)cn1. The number of amides is 2. The average Bonchev–Trinajstić information content (AvgIpc) is 3.44. The van der Waals surface area contributed by atoms with Gasteiger partial charge in [0.05, 0.1) is 12.4 Å². The number of pyridine rings is 2. The maximum atomic E-state index is 12.9. The molecule has 130 valence electrons. The van der Waals surface area contributed by atoms with Crippen molar-refractivity contribution in [3.05, 3.63) is 59.7 Å². The Labute approximate surface area is 142 Å². The molecule has 1 fully saturated rings. The zero-order valence-electron chi connectivity index (χ0n) is 13.2. The summed E-state index contributed by atoms with van der Waals surface area (Å²) < 4.78 is 25.7. The van der Waals surface area contributed by atoms with Gasteiger partial charge in [-0.15, -0.1) is 0 Å². The maximum absolute atomic E-state index is 12.9. The lowest BCUT2D eigenvalue weighted by atomic mass is 10.1. The third-order valence-corrected chi connectivity index (χ3v) is 3.91. The maximum Gasteiger partial charge on any atom is 0.270 e. The molecule has 2 aromatic heterocycles. The van der Waals surface area contributed by atoms with E-state index >= 15 is 0 Å². The van der Waals surface area contributed by atoms with Crippen LogP contribution in [0.2, 0.25) is 0 Å². The Bertz CT molecular complexity index is 761. The van der Waals surface area contributed by atoms with Crippen LogP contribution in [0, 0.1) is 17.6 Å². The lowest BCUT2D eigenvalue weighted by Crippen LogP contribution is -2.45. The van der Waals surface area contributed by atoms with Gasteiger partial charge in [-0.2, -0.15) is 0 Å². The summed E-state index contributed by atoms with van der Waals surface area (Å²) in [6, 6.07) is 4.65. The van der Waals surface area contributed by atoms with Crippen LogP contribution >= 0.6 is 0 Å². The van der Waals surface area contributed by atoms with Gasteiger partial charge >= 0.3 is 0 Å². The fraction of sp³-hybridized carbons (Fsp3) is 0.294. The van der Waals surface area contributed by atoms with Gasteiger partial charge in [-0.25, -0.2) is 18.7 Å². The zero-order valence-corrected chi connectivity index (χ0v) is 13.2. The Morgan fingerprint density at radius 3 is 2.04 bits per heavy atom. The molecule has 2 heterocycles. The van der Waals surface area contributed by atoms with Gasteiger partial charge in [0.1, 0.15) is 23.0 Å². The highest BCUT2D eigenvalue weighted by Gasteiger charge is 2.33. The van der Waals surface area contributed by atoms with Crippen molar-refractivity contribution in [1.29, 1.82) is 0 Å². The molecule has 0 bridgehead atoms. The van der Waals surface area contributed by atoms with Crippen molar-refractivity contribution < 1.29 is 18.4 Å². The van der Waals surface area contributed by atoms with E-state index < -0.39 is 23.4 Å². The first kappa shape index (κ1) is 16.9. The zero-order chi connectivity index (χ0) is 17.8. The van der Waals surface area contributed by atoms with Gasteiger partial charge in [-0.05, 0) is 43.0 Å². The van der Waals surface area contributed by atoms with Crippen LogP contribution in [-0.2, 0) is 0 Å². The van der Waals surface area contributed by atoms with E-state index in [2.05, 4.69) is 20.6 Å². The third-order valence-electron chi connectivity index (χ3n) is 3.91. The molecule has 0 unspecified atom stereocenters. The molecule has 0 spiro atoms. The lowest BCUT2D eigenvalue weighted by molar-refractivity contribution is 0.0898. The molecule has 2 N–H and O–H groups in total. The summed E-state index contributed by atoms with van der Waals surface area (Å²) in [4.78, 5) is 31.7. The summed E-state index contributed by atoms with van der Waals surface area (Å²) in [6.07, 6.45) is 3.84. The normalized spacial score (nSPS) is 14.6. The van der Waals surface area contributed by atoms with Crippen LogP contribution in [0.4, 0.5) is 8.78 Å². The summed E-state index contributed by atoms with van der Waals surface area (Å²) in [5.41, 5.74) is 0.209. The number of aromatic nitrogens is 2. The first-order valence-electron chi connectivity index (χ1n) is 7.85. The number of rotatable bonds is 6. The Kier molecular flexibility index (Phi) is 4.97. The molecular formula is C17H16F2N4O2. The van der Waals surface area contributed by atoms with Crippen LogP contribution in [-0.4, -0.2) is 34.4 Å². The van der Waals surface area contributed by atoms with Crippen LogP contribution in [0.1, 0.15) is 33.8 Å². The quantitative estimate of drug-likeness (QED) is 0.834. The summed E-state index contributed by atoms with van der Waals surface area (Å²) in [5, 5.41) is 5.50. The van der Waals surface area contributed by atoms with Gasteiger partial charge < -0.3 is 10.6 Å². The molecule has 1 aliphatic carbocycles. The van der Waals surface area contributed by atoms with Crippen molar-refractivity contribution in [2.45, 2.75) is 18.9 Å². The van der Waals surface area contributed by atoms with Crippen molar-refractivity contribution in [2.24, 2.45) is 5.92 Å². The van der Waals surface area contributed by atoms with Crippen LogP contribution in [0.5, 0.6) is 0 Å². The smallest absolute Gasteiger partial charge is 0.270 e. The number of nitrogens with zero attached hydrogens (tertiary/aromatic N) is 2. The monoisotopic (exact) mass is 346 g/mol. The first-order chi connectivity index (χ1) is 12.0. The Morgan fingerprint density at radius 1 is 1.00 bits per heavy atom. The number of hydrogen-bond acceptors (Lipinski definition) is 4. The first-order valence-corrected chi connectivity index (χ1v) is 7.85. The molecule has 3 rings (SSSR count). The van der Waals surface area contributed by atoms with Gasteiger partial charge in [0, 0.05) is 12.6 Å². The summed E-state index contributed by atoms with van der Waals surface area (Å²) in [5.74, 6) is -1.64. The molecule has 25 heavy (non-hydrogen) atoms. The standard InChI is InChI=1S/C17H16F2N4O2/c18-11-3-5-13(20-7-11)16(24)22-9-15(10-1-2-10)23-17(25)14-6-4-12(19)8-21-14/h3-8,10,15H,1-2,9H2,(H,22,24)(H,23,25)/t15-/m0/s1. The molecule has 0 aliphatic heterocycles. The van der Waals surface area contributed by atoms with Crippen molar-refractivity contribution in [3.63, 3.8) is 0 Å². The van der Waals surface area contributed by atoms with E-state index in [4.69, 9.17) is 0 Å². The van der Waals surface area contributed by atoms with E-state index in [1.54, 1.807) is 0 Å². The van der Waals surface area contributed by atoms with Crippen LogP contribution in [0.25, 0.3) is 0 Å². The van der Waals surface area contributed by atoms with E-state index in [1.165, 1.54) is 12.1 Å².